The average Bonchev–Trinajstić information content (AvgIpc) is 2.80. The zero-order valence-corrected chi connectivity index (χ0v) is 10.3. The first-order valence-corrected chi connectivity index (χ1v) is 5.23. The highest BCUT2D eigenvalue weighted by Crippen LogP contribution is 2.22. The van der Waals surface area contributed by atoms with E-state index in [-0.39, 0.29) is 13.0 Å². The van der Waals surface area contributed by atoms with E-state index in [1.54, 1.807) is 0 Å². The van der Waals surface area contributed by atoms with Crippen LogP contribution in [0.4, 0.5) is 0 Å². The summed E-state index contributed by atoms with van der Waals surface area (Å²) in [5.74, 6) is -4.58. The van der Waals surface area contributed by atoms with Crippen LogP contribution >= 0.6 is 0 Å². The van der Waals surface area contributed by atoms with Crippen molar-refractivity contribution in [1.82, 2.24) is 4.90 Å². The van der Waals surface area contributed by atoms with Crippen LogP contribution in [0, 0.1) is 11.3 Å². The van der Waals surface area contributed by atoms with Gasteiger partial charge in [0.2, 0.25) is 11.3 Å². The van der Waals surface area contributed by atoms with E-state index in [1.807, 2.05) is 0 Å². The van der Waals surface area contributed by atoms with Crippen molar-refractivity contribution in [3.05, 3.63) is 16.6 Å². The van der Waals surface area contributed by atoms with Crippen molar-refractivity contribution in [3.63, 3.8) is 0 Å². The van der Waals surface area contributed by atoms with E-state index in [1.165, 1.54) is 0 Å². The van der Waals surface area contributed by atoms with Gasteiger partial charge in [-0.05, 0) is 6.42 Å². The molecule has 1 heterocycles. The summed E-state index contributed by atoms with van der Waals surface area (Å²) in [6, 6.07) is 0. The fourth-order valence-electron chi connectivity index (χ4n) is 1.64. The molecule has 1 saturated heterocycles. The lowest BCUT2D eigenvalue weighted by molar-refractivity contribution is -0.151. The van der Waals surface area contributed by atoms with Crippen molar-refractivity contribution in [3.8, 4) is 0 Å². The first-order valence-electron chi connectivity index (χ1n) is 5.23. The number of carbonyl (C=O) groups is 3. The summed E-state index contributed by atoms with van der Waals surface area (Å²) in [5.41, 5.74) is -0.818. The van der Waals surface area contributed by atoms with Crippen LogP contribution in [0.1, 0.15) is 6.42 Å². The van der Waals surface area contributed by atoms with Gasteiger partial charge in [-0.25, -0.2) is 0 Å². The van der Waals surface area contributed by atoms with Gasteiger partial charge in [0.1, 0.15) is 5.92 Å². The molecule has 0 aromatic carbocycles. The maximum Gasteiger partial charge on any atom is 0.527 e. The molecule has 1 aliphatic heterocycles. The van der Waals surface area contributed by atoms with Gasteiger partial charge in [-0.1, -0.05) is 0 Å². The third-order valence-electron chi connectivity index (χ3n) is 2.63. The number of ether oxygens (including phenoxy) is 2. The number of imide groups is 1. The Kier molecular flexibility index (Phi) is 4.41. The maximum atomic E-state index is 11.8. The highest BCUT2D eigenvalue weighted by Gasteiger charge is 2.46. The van der Waals surface area contributed by atoms with Crippen molar-refractivity contribution in [2.75, 3.05) is 20.8 Å². The Balaban J connectivity index is 2.96. The molecule has 0 aliphatic carbocycles. The van der Waals surface area contributed by atoms with Gasteiger partial charge >= 0.3 is 23.5 Å². The largest absolute Gasteiger partial charge is 0.527 e. The Hall–Kier alpha value is -2.63. The molecule has 0 saturated carbocycles. The maximum absolute atomic E-state index is 11.8. The Morgan fingerprint density at radius 1 is 1.42 bits per heavy atom. The first kappa shape index (κ1) is 14.4. The Morgan fingerprint density at radius 3 is 2.53 bits per heavy atom. The molecule has 1 unspecified atom stereocenters. The topological polar surface area (TPSA) is 121 Å². The quantitative estimate of drug-likeness (QED) is 0.247. The summed E-state index contributed by atoms with van der Waals surface area (Å²) in [5, 5.41) is 17.9. The second-order valence-electron chi connectivity index (χ2n) is 3.62. The van der Waals surface area contributed by atoms with E-state index in [9.17, 15) is 19.5 Å². The molecular weight excluding hydrogens is 258 g/mol. The lowest BCUT2D eigenvalue weighted by atomic mass is 10.1. The molecule has 1 aliphatic rings. The first-order chi connectivity index (χ1) is 8.97. The number of rotatable bonds is 3. The minimum atomic E-state index is -1.07. The standard InChI is InChI=1S/C10H11N3O6/c1-18-9(16)5-3-4-13(7(5)14)8(15)6(12-11)10(17)19-2/h5H,3-4H2,1-2H3/p+1. The second kappa shape index (κ2) is 5.81. The molecule has 2 amide bonds. The monoisotopic (exact) mass is 270 g/mol. The van der Waals surface area contributed by atoms with Crippen LogP contribution < -0.4 is 0 Å². The number of hydrogen-bond acceptors (Lipinski definition) is 7. The SMILES string of the molecule is COC(=O)C1CCN(C(=O)/C([N+]#N)=C(\O)OC)C1=O. The van der Waals surface area contributed by atoms with E-state index in [4.69, 9.17) is 5.39 Å². The lowest BCUT2D eigenvalue weighted by Crippen LogP contribution is -2.36. The molecule has 1 N–H and O–H groups in total. The molecule has 1 atom stereocenters. The van der Waals surface area contributed by atoms with E-state index < -0.39 is 35.3 Å². The van der Waals surface area contributed by atoms with Crippen LogP contribution in [0.3, 0.4) is 0 Å². The van der Waals surface area contributed by atoms with E-state index in [0.717, 1.165) is 14.2 Å². The smallest absolute Gasteiger partial charge is 0.475 e. The molecule has 9 nitrogen and oxygen atoms in total. The minimum absolute atomic E-state index is 0.0482. The summed E-state index contributed by atoms with van der Waals surface area (Å²) in [6.45, 7) is -0.0482. The number of aliphatic hydroxyl groups is 1. The molecule has 1 fully saturated rings. The molecule has 19 heavy (non-hydrogen) atoms. The molecule has 1 rings (SSSR count). The van der Waals surface area contributed by atoms with Crippen molar-refractivity contribution in [2.24, 2.45) is 5.92 Å². The van der Waals surface area contributed by atoms with E-state index in [2.05, 4.69) is 14.4 Å². The minimum Gasteiger partial charge on any atom is -0.475 e. The number of esters is 1. The number of hydrogen-bond donors (Lipinski definition) is 1. The van der Waals surface area contributed by atoms with Gasteiger partial charge < -0.3 is 14.6 Å². The fraction of sp³-hybridized carbons (Fsp3) is 0.500. The highest BCUT2D eigenvalue weighted by molar-refractivity contribution is 6.11. The molecule has 0 bridgehead atoms. The van der Waals surface area contributed by atoms with Crippen LogP contribution in [0.25, 0.3) is 4.98 Å². The number of amides is 2. The van der Waals surface area contributed by atoms with Gasteiger partial charge in [0.15, 0.2) is 4.98 Å². The van der Waals surface area contributed by atoms with E-state index >= 15 is 0 Å². The lowest BCUT2D eigenvalue weighted by Gasteiger charge is -2.10. The molecule has 0 aromatic rings. The predicted molar refractivity (Wildman–Crippen MR) is 58.6 cm³/mol. The second-order valence-corrected chi connectivity index (χ2v) is 3.62. The predicted octanol–water partition coefficient (Wildman–Crippen LogP) is -0.239. The molecule has 9 heteroatoms. The number of carbonyl (C=O) groups excluding carboxylic acids is 3. The molecule has 102 valence electrons. The number of nitrogens with zero attached hydrogens (tertiary/aromatic N) is 3. The normalized spacial score (nSPS) is 19.5. The summed E-state index contributed by atoms with van der Waals surface area (Å²) >= 11 is 0. The number of aliphatic hydroxyl groups excluding tert-OH is 1. The van der Waals surface area contributed by atoms with Crippen molar-refractivity contribution >= 4 is 17.8 Å². The Morgan fingerprint density at radius 2 is 2.05 bits per heavy atom. The molecule has 0 radical (unpaired) electrons. The number of likely N-dealkylation sites (tertiary alicyclic amines) is 1. The average molecular weight is 270 g/mol. The van der Waals surface area contributed by atoms with Crippen LogP contribution in [0.5, 0.6) is 0 Å². The molecule has 0 spiro atoms. The summed E-state index contributed by atoms with van der Waals surface area (Å²) in [6.07, 6.45) is 0.101. The molecular formula is C10H12N3O6+. The van der Waals surface area contributed by atoms with Gasteiger partial charge in [0.05, 0.1) is 14.2 Å². The van der Waals surface area contributed by atoms with Crippen molar-refractivity contribution < 1.29 is 29.0 Å². The van der Waals surface area contributed by atoms with Gasteiger partial charge in [-0.15, -0.1) is 0 Å². The van der Waals surface area contributed by atoms with Gasteiger partial charge in [-0.3, -0.25) is 19.3 Å². The van der Waals surface area contributed by atoms with Gasteiger partial charge in [0.25, 0.3) is 0 Å². The Bertz CT molecular complexity index is 492. The van der Waals surface area contributed by atoms with Crippen LogP contribution in [0.15, 0.2) is 11.6 Å². The van der Waals surface area contributed by atoms with Gasteiger partial charge in [0, 0.05) is 6.54 Å². The molecule has 0 aromatic heterocycles. The number of diazo groups is 1. The number of methoxy groups -OCH3 is 2. The zero-order chi connectivity index (χ0) is 14.6. The van der Waals surface area contributed by atoms with Crippen LogP contribution in [-0.2, 0) is 23.9 Å². The van der Waals surface area contributed by atoms with Crippen LogP contribution in [0.2, 0.25) is 0 Å². The summed E-state index contributed by atoms with van der Waals surface area (Å²) < 4.78 is 8.78. The van der Waals surface area contributed by atoms with E-state index in [0.29, 0.717) is 4.90 Å². The van der Waals surface area contributed by atoms with Crippen molar-refractivity contribution in [2.45, 2.75) is 6.42 Å². The van der Waals surface area contributed by atoms with Crippen LogP contribution in [-0.4, -0.2) is 48.6 Å². The third kappa shape index (κ3) is 2.62. The zero-order valence-electron chi connectivity index (χ0n) is 10.3. The summed E-state index contributed by atoms with van der Waals surface area (Å²) in [4.78, 5) is 38.2. The van der Waals surface area contributed by atoms with Crippen molar-refractivity contribution in [1.29, 1.82) is 5.39 Å². The van der Waals surface area contributed by atoms with Gasteiger partial charge in [-0.2, -0.15) is 0 Å². The fourth-order valence-corrected chi connectivity index (χ4v) is 1.64. The summed E-state index contributed by atoms with van der Waals surface area (Å²) in [7, 11) is 2.18. The highest BCUT2D eigenvalue weighted by atomic mass is 16.6. The third-order valence-corrected chi connectivity index (χ3v) is 2.63. The Labute approximate surface area is 108 Å².